The first-order valence-corrected chi connectivity index (χ1v) is 9.41. The molecule has 134 valence electrons. The first kappa shape index (κ1) is 17.1. The van der Waals surface area contributed by atoms with Crippen LogP contribution < -0.4 is 5.56 Å². The smallest absolute Gasteiger partial charge is 0.342 e. The Bertz CT molecular complexity index is 1070. The molecule has 0 bridgehead atoms. The Kier molecular flexibility index (Phi) is 4.42. The number of nitrogens with one attached hydrogen (secondary N) is 1. The molecule has 0 saturated carbocycles. The van der Waals surface area contributed by atoms with Crippen molar-refractivity contribution in [3.8, 4) is 5.75 Å². The number of carbonyl (C=O) groups excluding carboxylic acids is 1. The van der Waals surface area contributed by atoms with Crippen LogP contribution in [0.1, 0.15) is 39.5 Å². The van der Waals surface area contributed by atoms with E-state index in [2.05, 4.69) is 9.97 Å². The van der Waals surface area contributed by atoms with E-state index in [4.69, 9.17) is 16.3 Å². The SMILES string of the molecule is O=C(OCc1nc2sc3c(c2c(=O)[nH]1)CCCC3)c1ccc(Cl)cc1O. The predicted octanol–water partition coefficient (Wildman–Crippen LogP) is 3.58. The van der Waals surface area contributed by atoms with Gasteiger partial charge in [0.15, 0.2) is 0 Å². The Hall–Kier alpha value is -2.38. The molecule has 1 aliphatic carbocycles. The molecule has 0 fully saturated rings. The van der Waals surface area contributed by atoms with Crippen molar-refractivity contribution in [1.82, 2.24) is 9.97 Å². The summed E-state index contributed by atoms with van der Waals surface area (Å²) in [5.41, 5.74) is 0.916. The summed E-state index contributed by atoms with van der Waals surface area (Å²) in [6.07, 6.45) is 4.11. The van der Waals surface area contributed by atoms with E-state index < -0.39 is 5.97 Å². The van der Waals surface area contributed by atoms with Gasteiger partial charge in [-0.05, 0) is 49.4 Å². The lowest BCUT2D eigenvalue weighted by Gasteiger charge is -2.09. The van der Waals surface area contributed by atoms with Crippen molar-refractivity contribution in [3.63, 3.8) is 0 Å². The zero-order chi connectivity index (χ0) is 18.3. The van der Waals surface area contributed by atoms with Gasteiger partial charge >= 0.3 is 5.97 Å². The van der Waals surface area contributed by atoms with Crippen LogP contribution in [0.2, 0.25) is 5.02 Å². The summed E-state index contributed by atoms with van der Waals surface area (Å²) < 4.78 is 5.17. The number of ether oxygens (including phenoxy) is 1. The molecule has 0 aliphatic heterocycles. The standard InChI is InChI=1S/C18H15ClN2O4S/c19-9-5-6-10(12(22)7-9)18(24)25-8-14-20-16(23)15-11-3-1-2-4-13(11)26-17(15)21-14/h5-7,22H,1-4,8H2,(H,20,21,23). The molecule has 0 saturated heterocycles. The highest BCUT2D eigenvalue weighted by molar-refractivity contribution is 7.18. The molecule has 6 nitrogen and oxygen atoms in total. The van der Waals surface area contributed by atoms with E-state index in [0.717, 1.165) is 31.2 Å². The first-order valence-electron chi connectivity index (χ1n) is 8.22. The Morgan fingerprint density at radius 1 is 1.35 bits per heavy atom. The average Bonchev–Trinajstić information content (AvgIpc) is 2.98. The van der Waals surface area contributed by atoms with Crippen molar-refractivity contribution in [2.24, 2.45) is 0 Å². The normalized spacial score (nSPS) is 13.6. The zero-order valence-electron chi connectivity index (χ0n) is 13.7. The number of carbonyl (C=O) groups is 1. The van der Waals surface area contributed by atoms with Crippen LogP contribution in [0.25, 0.3) is 10.2 Å². The van der Waals surface area contributed by atoms with E-state index in [0.29, 0.717) is 15.2 Å². The molecule has 4 rings (SSSR count). The zero-order valence-corrected chi connectivity index (χ0v) is 15.2. The van der Waals surface area contributed by atoms with E-state index in [9.17, 15) is 14.7 Å². The number of aryl methyl sites for hydroxylation is 2. The van der Waals surface area contributed by atoms with E-state index in [1.54, 1.807) is 0 Å². The van der Waals surface area contributed by atoms with E-state index in [-0.39, 0.29) is 29.3 Å². The molecule has 8 heteroatoms. The molecule has 0 radical (unpaired) electrons. The van der Waals surface area contributed by atoms with Crippen molar-refractivity contribution in [2.75, 3.05) is 0 Å². The fourth-order valence-corrected chi connectivity index (χ4v) is 4.61. The van der Waals surface area contributed by atoms with E-state index in [1.807, 2.05) is 0 Å². The van der Waals surface area contributed by atoms with Gasteiger partial charge < -0.3 is 14.8 Å². The van der Waals surface area contributed by atoms with Crippen LogP contribution >= 0.6 is 22.9 Å². The van der Waals surface area contributed by atoms with Crippen molar-refractivity contribution < 1.29 is 14.6 Å². The maximum Gasteiger partial charge on any atom is 0.342 e. The van der Waals surface area contributed by atoms with Gasteiger partial charge in [0.1, 0.15) is 28.6 Å². The van der Waals surface area contributed by atoms with Crippen LogP contribution in [0, 0.1) is 0 Å². The molecule has 0 amide bonds. The predicted molar refractivity (Wildman–Crippen MR) is 99.1 cm³/mol. The number of aromatic nitrogens is 2. The quantitative estimate of drug-likeness (QED) is 0.667. The molecular weight excluding hydrogens is 376 g/mol. The summed E-state index contributed by atoms with van der Waals surface area (Å²) in [5, 5.41) is 10.8. The molecule has 1 aromatic carbocycles. The second-order valence-corrected chi connectivity index (χ2v) is 7.66. The largest absolute Gasteiger partial charge is 0.507 e. The van der Waals surface area contributed by atoms with Gasteiger partial charge in [-0.2, -0.15) is 0 Å². The number of phenols is 1. The second kappa shape index (κ2) is 6.74. The lowest BCUT2D eigenvalue weighted by molar-refractivity contribution is 0.0459. The van der Waals surface area contributed by atoms with Crippen molar-refractivity contribution in [3.05, 3.63) is 55.4 Å². The van der Waals surface area contributed by atoms with Crippen LogP contribution in [0.5, 0.6) is 5.75 Å². The Balaban J connectivity index is 1.58. The number of halogens is 1. The highest BCUT2D eigenvalue weighted by atomic mass is 35.5. The molecule has 2 heterocycles. The average molecular weight is 391 g/mol. The lowest BCUT2D eigenvalue weighted by Crippen LogP contribution is -2.15. The first-order chi connectivity index (χ1) is 12.5. The fourth-order valence-electron chi connectivity index (χ4n) is 3.17. The minimum Gasteiger partial charge on any atom is -0.507 e. The van der Waals surface area contributed by atoms with E-state index in [1.165, 1.54) is 34.4 Å². The number of phenolic OH excluding ortho intramolecular Hbond substituents is 1. The topological polar surface area (TPSA) is 92.3 Å². The monoisotopic (exact) mass is 390 g/mol. The van der Waals surface area contributed by atoms with Crippen molar-refractivity contribution in [2.45, 2.75) is 32.3 Å². The molecule has 26 heavy (non-hydrogen) atoms. The molecular formula is C18H15ClN2O4S. The third-order valence-corrected chi connectivity index (χ3v) is 5.81. The number of aromatic amines is 1. The Morgan fingerprint density at radius 3 is 2.96 bits per heavy atom. The summed E-state index contributed by atoms with van der Waals surface area (Å²) in [4.78, 5) is 33.6. The number of thiophene rings is 1. The van der Waals surface area contributed by atoms with Gasteiger partial charge in [0.25, 0.3) is 5.56 Å². The molecule has 2 N–H and O–H groups in total. The number of H-pyrrole nitrogens is 1. The second-order valence-electron chi connectivity index (χ2n) is 6.14. The summed E-state index contributed by atoms with van der Waals surface area (Å²) >= 11 is 7.29. The van der Waals surface area contributed by atoms with Gasteiger partial charge in [-0.1, -0.05) is 11.6 Å². The van der Waals surface area contributed by atoms with Crippen molar-refractivity contribution >= 4 is 39.1 Å². The molecule has 1 aliphatic rings. The number of fused-ring (bicyclic) bond motifs is 3. The van der Waals surface area contributed by atoms with Gasteiger partial charge in [0.2, 0.25) is 0 Å². The molecule has 0 unspecified atom stereocenters. The third kappa shape index (κ3) is 3.08. The van der Waals surface area contributed by atoms with Gasteiger partial charge in [0.05, 0.1) is 5.39 Å². The lowest BCUT2D eigenvalue weighted by atomic mass is 9.97. The Morgan fingerprint density at radius 2 is 2.15 bits per heavy atom. The summed E-state index contributed by atoms with van der Waals surface area (Å²) in [6, 6.07) is 4.13. The van der Waals surface area contributed by atoms with Gasteiger partial charge in [-0.15, -0.1) is 11.3 Å². The highest BCUT2D eigenvalue weighted by Gasteiger charge is 2.20. The number of aromatic hydroxyl groups is 1. The molecule has 2 aromatic heterocycles. The minimum atomic E-state index is -0.715. The van der Waals surface area contributed by atoms with Crippen LogP contribution in [0.3, 0.4) is 0 Å². The Labute approximate surface area is 157 Å². The minimum absolute atomic E-state index is 0.00409. The van der Waals surface area contributed by atoms with Crippen LogP contribution in [-0.4, -0.2) is 21.0 Å². The summed E-state index contributed by atoms with van der Waals surface area (Å²) in [5.74, 6) is -0.694. The molecule has 3 aromatic rings. The van der Waals surface area contributed by atoms with Gasteiger partial charge in [0, 0.05) is 9.90 Å². The van der Waals surface area contributed by atoms with Gasteiger partial charge in [-0.3, -0.25) is 4.79 Å². The summed E-state index contributed by atoms with van der Waals surface area (Å²) in [7, 11) is 0. The number of hydrogen-bond acceptors (Lipinski definition) is 6. The fraction of sp³-hybridized carbons (Fsp3) is 0.278. The van der Waals surface area contributed by atoms with Crippen LogP contribution in [0.15, 0.2) is 23.0 Å². The van der Waals surface area contributed by atoms with Gasteiger partial charge in [-0.25, -0.2) is 9.78 Å². The highest BCUT2D eigenvalue weighted by Crippen LogP contribution is 2.33. The maximum absolute atomic E-state index is 12.5. The molecule has 0 spiro atoms. The number of nitrogens with zero attached hydrogens (tertiary/aromatic N) is 1. The van der Waals surface area contributed by atoms with Crippen molar-refractivity contribution in [1.29, 1.82) is 0 Å². The number of hydrogen-bond donors (Lipinski definition) is 2. The van der Waals surface area contributed by atoms with Crippen LogP contribution in [0.4, 0.5) is 0 Å². The number of benzene rings is 1. The number of rotatable bonds is 3. The van der Waals surface area contributed by atoms with Crippen LogP contribution in [-0.2, 0) is 24.2 Å². The number of esters is 1. The maximum atomic E-state index is 12.5. The van der Waals surface area contributed by atoms with E-state index >= 15 is 0 Å². The third-order valence-electron chi connectivity index (χ3n) is 4.39. The molecule has 0 atom stereocenters. The summed E-state index contributed by atoms with van der Waals surface area (Å²) in [6.45, 7) is -0.186.